The van der Waals surface area contributed by atoms with Crippen LogP contribution in [0.5, 0.6) is 0 Å². The van der Waals surface area contributed by atoms with E-state index in [-0.39, 0.29) is 0 Å². The summed E-state index contributed by atoms with van der Waals surface area (Å²) < 4.78 is 0. The van der Waals surface area contributed by atoms with Crippen molar-refractivity contribution in [1.29, 1.82) is 0 Å². The Labute approximate surface area is 71.4 Å². The monoisotopic (exact) mass is 154 g/mol. The van der Waals surface area contributed by atoms with Crippen LogP contribution in [-0.2, 0) is 0 Å². The summed E-state index contributed by atoms with van der Waals surface area (Å²) in [4.78, 5) is 0. The van der Waals surface area contributed by atoms with Gasteiger partial charge >= 0.3 is 0 Å². The summed E-state index contributed by atoms with van der Waals surface area (Å²) in [6.45, 7) is 12.1. The third-order valence-corrected chi connectivity index (χ3v) is 4.20. The van der Waals surface area contributed by atoms with Crippen molar-refractivity contribution in [2.75, 3.05) is 0 Å². The molecule has 1 fully saturated rings. The van der Waals surface area contributed by atoms with Gasteiger partial charge in [0.1, 0.15) is 0 Å². The van der Waals surface area contributed by atoms with E-state index in [2.05, 4.69) is 34.6 Å². The minimum Gasteiger partial charge on any atom is -0.0622 e. The summed E-state index contributed by atoms with van der Waals surface area (Å²) in [7, 11) is 0. The van der Waals surface area contributed by atoms with Gasteiger partial charge in [0.2, 0.25) is 0 Å². The highest BCUT2D eigenvalue weighted by Crippen LogP contribution is 2.41. The van der Waals surface area contributed by atoms with E-state index in [1.807, 2.05) is 0 Å². The largest absolute Gasteiger partial charge is 0.0622 e. The molecule has 0 N–H and O–H groups in total. The van der Waals surface area contributed by atoms with Crippen LogP contribution in [0.2, 0.25) is 0 Å². The maximum atomic E-state index is 2.42. The molecule has 1 saturated carbocycles. The second-order valence-electron chi connectivity index (χ2n) is 4.77. The Balaban J connectivity index is 2.63. The first-order valence-electron chi connectivity index (χ1n) is 5.04. The van der Waals surface area contributed by atoms with Gasteiger partial charge in [-0.2, -0.15) is 0 Å². The minimum absolute atomic E-state index is 0.925. The van der Waals surface area contributed by atoms with Crippen molar-refractivity contribution in [3.63, 3.8) is 0 Å². The normalized spacial score (nSPS) is 52.6. The van der Waals surface area contributed by atoms with Crippen molar-refractivity contribution in [3.05, 3.63) is 0 Å². The van der Waals surface area contributed by atoms with Crippen LogP contribution in [0.4, 0.5) is 0 Å². The van der Waals surface area contributed by atoms with E-state index in [0.29, 0.717) is 0 Å². The van der Waals surface area contributed by atoms with Gasteiger partial charge in [-0.1, -0.05) is 34.6 Å². The van der Waals surface area contributed by atoms with Gasteiger partial charge in [-0.15, -0.1) is 0 Å². The van der Waals surface area contributed by atoms with Crippen LogP contribution in [-0.4, -0.2) is 0 Å². The Morgan fingerprint density at radius 2 is 1.00 bits per heavy atom. The van der Waals surface area contributed by atoms with Crippen LogP contribution in [0.3, 0.4) is 0 Å². The molecule has 0 bridgehead atoms. The Bertz CT molecular complexity index is 114. The summed E-state index contributed by atoms with van der Waals surface area (Å²) >= 11 is 0. The maximum Gasteiger partial charge on any atom is -0.0386 e. The highest BCUT2D eigenvalue weighted by molar-refractivity contribution is 4.82. The van der Waals surface area contributed by atoms with E-state index >= 15 is 0 Å². The Kier molecular flexibility index (Phi) is 2.61. The fourth-order valence-corrected chi connectivity index (χ4v) is 2.53. The zero-order chi connectivity index (χ0) is 8.59. The summed E-state index contributed by atoms with van der Waals surface area (Å²) in [6.07, 6.45) is 1.44. The average Bonchev–Trinajstić information content (AvgIpc) is 1.97. The van der Waals surface area contributed by atoms with E-state index in [0.717, 1.165) is 29.6 Å². The lowest BCUT2D eigenvalue weighted by molar-refractivity contribution is 0.0855. The molecule has 66 valence electrons. The van der Waals surface area contributed by atoms with Gasteiger partial charge in [-0.3, -0.25) is 0 Å². The van der Waals surface area contributed by atoms with E-state index in [9.17, 15) is 0 Å². The maximum absolute atomic E-state index is 2.42. The van der Waals surface area contributed by atoms with E-state index in [4.69, 9.17) is 0 Å². The molecule has 1 aliphatic carbocycles. The minimum atomic E-state index is 0.925. The van der Waals surface area contributed by atoms with Crippen molar-refractivity contribution < 1.29 is 0 Å². The molecular formula is C11H22. The highest BCUT2D eigenvalue weighted by Gasteiger charge is 2.33. The lowest BCUT2D eigenvalue weighted by atomic mass is 9.65. The zero-order valence-corrected chi connectivity index (χ0v) is 8.59. The van der Waals surface area contributed by atoms with Gasteiger partial charge in [0, 0.05) is 0 Å². The lowest BCUT2D eigenvalue weighted by Gasteiger charge is -2.41. The number of hydrogen-bond acceptors (Lipinski definition) is 0. The first kappa shape index (κ1) is 9.09. The van der Waals surface area contributed by atoms with Gasteiger partial charge in [0.05, 0.1) is 0 Å². The van der Waals surface area contributed by atoms with Crippen molar-refractivity contribution in [3.8, 4) is 0 Å². The molecule has 0 saturated heterocycles. The number of rotatable bonds is 0. The fraction of sp³-hybridized carbons (Fsp3) is 1.00. The van der Waals surface area contributed by atoms with Gasteiger partial charge in [-0.25, -0.2) is 0 Å². The smallest absolute Gasteiger partial charge is 0.0386 e. The van der Waals surface area contributed by atoms with Crippen molar-refractivity contribution in [2.24, 2.45) is 29.6 Å². The van der Waals surface area contributed by atoms with Gasteiger partial charge < -0.3 is 0 Å². The molecule has 0 aromatic rings. The molecule has 0 aliphatic heterocycles. The average molecular weight is 154 g/mol. The molecule has 0 spiro atoms. The molecule has 1 aliphatic rings. The fourth-order valence-electron chi connectivity index (χ4n) is 2.53. The molecule has 1 rings (SSSR count). The molecule has 0 amide bonds. The first-order chi connectivity index (χ1) is 5.04. The van der Waals surface area contributed by atoms with Crippen molar-refractivity contribution in [1.82, 2.24) is 0 Å². The Morgan fingerprint density at radius 1 is 0.636 bits per heavy atom. The standard InChI is InChI=1S/C11H22/c1-7-6-8(2)10(4)11(5)9(7)3/h7-11H,6H2,1-5H3/t7-,8+,9+,10-,11?. The topological polar surface area (TPSA) is 0 Å². The second-order valence-corrected chi connectivity index (χ2v) is 4.77. The summed E-state index contributed by atoms with van der Waals surface area (Å²) in [5.74, 6) is 4.67. The van der Waals surface area contributed by atoms with Crippen LogP contribution < -0.4 is 0 Å². The van der Waals surface area contributed by atoms with Gasteiger partial charge in [0.25, 0.3) is 0 Å². The summed E-state index contributed by atoms with van der Waals surface area (Å²) in [6, 6.07) is 0. The molecular weight excluding hydrogens is 132 g/mol. The van der Waals surface area contributed by atoms with E-state index in [1.54, 1.807) is 0 Å². The molecule has 0 radical (unpaired) electrons. The molecule has 0 aromatic heterocycles. The Hall–Kier alpha value is 0. The SMILES string of the molecule is CC1[C@@H](C)[C@H](C)C[C@H](C)[C@H]1C. The van der Waals surface area contributed by atoms with Crippen LogP contribution >= 0.6 is 0 Å². The lowest BCUT2D eigenvalue weighted by Crippen LogP contribution is -2.33. The second kappa shape index (κ2) is 3.16. The first-order valence-corrected chi connectivity index (χ1v) is 5.04. The molecule has 0 heteroatoms. The quantitative estimate of drug-likeness (QED) is 0.500. The van der Waals surface area contributed by atoms with Crippen LogP contribution in [0.25, 0.3) is 0 Å². The predicted molar refractivity (Wildman–Crippen MR) is 50.4 cm³/mol. The number of hydrogen-bond donors (Lipinski definition) is 0. The molecule has 0 heterocycles. The molecule has 1 unspecified atom stereocenters. The molecule has 0 aromatic carbocycles. The highest BCUT2D eigenvalue weighted by atomic mass is 14.4. The van der Waals surface area contributed by atoms with E-state index in [1.165, 1.54) is 6.42 Å². The van der Waals surface area contributed by atoms with Gasteiger partial charge in [-0.05, 0) is 36.0 Å². The van der Waals surface area contributed by atoms with E-state index < -0.39 is 0 Å². The third kappa shape index (κ3) is 1.60. The molecule has 0 nitrogen and oxygen atoms in total. The third-order valence-electron chi connectivity index (χ3n) is 4.20. The van der Waals surface area contributed by atoms with Crippen molar-refractivity contribution in [2.45, 2.75) is 41.0 Å². The molecule has 5 atom stereocenters. The van der Waals surface area contributed by atoms with Crippen molar-refractivity contribution >= 4 is 0 Å². The van der Waals surface area contributed by atoms with Gasteiger partial charge in [0.15, 0.2) is 0 Å². The predicted octanol–water partition coefficient (Wildman–Crippen LogP) is 3.57. The Morgan fingerprint density at radius 3 is 1.36 bits per heavy atom. The summed E-state index contributed by atoms with van der Waals surface area (Å²) in [5.41, 5.74) is 0. The van der Waals surface area contributed by atoms with Crippen LogP contribution in [0, 0.1) is 29.6 Å². The van der Waals surface area contributed by atoms with Crippen LogP contribution in [0.1, 0.15) is 41.0 Å². The van der Waals surface area contributed by atoms with Crippen LogP contribution in [0.15, 0.2) is 0 Å². The summed E-state index contributed by atoms with van der Waals surface area (Å²) in [5, 5.41) is 0. The molecule has 11 heavy (non-hydrogen) atoms. The zero-order valence-electron chi connectivity index (χ0n) is 8.59.